The maximum absolute atomic E-state index is 13.9. The first-order valence-corrected chi connectivity index (χ1v) is 7.96. The third-order valence-corrected chi connectivity index (χ3v) is 4.04. The SMILES string of the molecule is CC(=CC(=O)Nc1c(F)cccc1C(=O)O)c1ccc2ccccc2c1. The number of carboxylic acid groups (broad SMARTS) is 1. The van der Waals surface area contributed by atoms with Gasteiger partial charge < -0.3 is 10.4 Å². The molecule has 1 amide bonds. The first-order valence-electron chi connectivity index (χ1n) is 7.96. The summed E-state index contributed by atoms with van der Waals surface area (Å²) in [6.45, 7) is 1.77. The molecule has 3 rings (SSSR count). The third kappa shape index (κ3) is 3.62. The number of amides is 1. The van der Waals surface area contributed by atoms with E-state index in [-0.39, 0.29) is 11.3 Å². The maximum atomic E-state index is 13.9. The Balaban J connectivity index is 1.87. The summed E-state index contributed by atoms with van der Waals surface area (Å²) in [5.41, 5.74) is 0.898. The number of nitrogens with one attached hydrogen (secondary N) is 1. The topological polar surface area (TPSA) is 66.4 Å². The molecule has 0 fully saturated rings. The molecular formula is C21H16FNO3. The quantitative estimate of drug-likeness (QED) is 0.670. The minimum absolute atomic E-state index is 0.296. The highest BCUT2D eigenvalue weighted by molar-refractivity contribution is 6.07. The molecular weight excluding hydrogens is 333 g/mol. The molecule has 130 valence electrons. The van der Waals surface area contributed by atoms with Gasteiger partial charge in [0.2, 0.25) is 5.91 Å². The Hall–Kier alpha value is -3.47. The Morgan fingerprint density at radius 1 is 1.00 bits per heavy atom. The summed E-state index contributed by atoms with van der Waals surface area (Å²) in [5, 5.41) is 13.6. The number of benzene rings is 3. The average Bonchev–Trinajstić information content (AvgIpc) is 2.62. The van der Waals surface area contributed by atoms with Crippen LogP contribution in [-0.4, -0.2) is 17.0 Å². The van der Waals surface area contributed by atoms with Crippen LogP contribution in [0, 0.1) is 5.82 Å². The highest BCUT2D eigenvalue weighted by Crippen LogP contribution is 2.23. The molecule has 0 aliphatic rings. The van der Waals surface area contributed by atoms with Gasteiger partial charge in [-0.15, -0.1) is 0 Å². The number of carbonyl (C=O) groups is 2. The van der Waals surface area contributed by atoms with E-state index in [1.165, 1.54) is 18.2 Å². The number of carbonyl (C=O) groups excluding carboxylic acids is 1. The number of allylic oxidation sites excluding steroid dienone is 1. The molecule has 0 aliphatic heterocycles. The van der Waals surface area contributed by atoms with Gasteiger partial charge in [0.15, 0.2) is 0 Å². The second-order valence-corrected chi connectivity index (χ2v) is 5.85. The van der Waals surface area contributed by atoms with Crippen molar-refractivity contribution in [1.29, 1.82) is 0 Å². The summed E-state index contributed by atoms with van der Waals surface area (Å²) in [6.07, 6.45) is 1.32. The number of halogens is 1. The first-order chi connectivity index (χ1) is 12.5. The molecule has 4 nitrogen and oxygen atoms in total. The Morgan fingerprint density at radius 2 is 1.73 bits per heavy atom. The zero-order chi connectivity index (χ0) is 18.7. The predicted molar refractivity (Wildman–Crippen MR) is 99.6 cm³/mol. The summed E-state index contributed by atoms with van der Waals surface area (Å²) >= 11 is 0. The Morgan fingerprint density at radius 3 is 2.46 bits per heavy atom. The van der Waals surface area contributed by atoms with Gasteiger partial charge >= 0.3 is 5.97 Å². The maximum Gasteiger partial charge on any atom is 0.337 e. The molecule has 0 heterocycles. The Bertz CT molecular complexity index is 1040. The van der Waals surface area contributed by atoms with Crippen molar-refractivity contribution in [2.45, 2.75) is 6.92 Å². The number of para-hydroxylation sites is 1. The minimum atomic E-state index is -1.31. The molecule has 0 saturated carbocycles. The van der Waals surface area contributed by atoms with Crippen LogP contribution in [0.15, 0.2) is 66.7 Å². The van der Waals surface area contributed by atoms with Gasteiger partial charge in [-0.2, -0.15) is 0 Å². The molecule has 0 aromatic heterocycles. The summed E-state index contributed by atoms with van der Waals surface area (Å²) in [5.74, 6) is -2.70. The molecule has 3 aromatic rings. The molecule has 0 unspecified atom stereocenters. The lowest BCUT2D eigenvalue weighted by atomic mass is 10.0. The van der Waals surface area contributed by atoms with Crippen LogP contribution in [0.25, 0.3) is 16.3 Å². The second kappa shape index (κ2) is 7.19. The standard InChI is InChI=1S/C21H16FNO3/c1-13(15-10-9-14-5-2-3-6-16(14)12-15)11-19(24)23-20-17(21(25)26)7-4-8-18(20)22/h2-12H,1H3,(H,23,24)(H,25,26). The summed E-state index contributed by atoms with van der Waals surface area (Å²) in [4.78, 5) is 23.4. The van der Waals surface area contributed by atoms with Gasteiger partial charge in [-0.3, -0.25) is 4.79 Å². The highest BCUT2D eigenvalue weighted by atomic mass is 19.1. The Kier molecular flexibility index (Phi) is 4.80. The van der Waals surface area contributed by atoms with Crippen molar-refractivity contribution in [2.75, 3.05) is 5.32 Å². The number of hydrogen-bond donors (Lipinski definition) is 2. The van der Waals surface area contributed by atoms with Gasteiger partial charge in [-0.25, -0.2) is 9.18 Å². The van der Waals surface area contributed by atoms with E-state index in [9.17, 15) is 14.0 Å². The smallest absolute Gasteiger partial charge is 0.337 e. The number of fused-ring (bicyclic) bond motifs is 1. The summed E-state index contributed by atoms with van der Waals surface area (Å²) in [7, 11) is 0. The zero-order valence-corrected chi connectivity index (χ0v) is 14.0. The van der Waals surface area contributed by atoms with Crippen LogP contribution in [0.3, 0.4) is 0 Å². The number of aromatic carboxylic acids is 1. The Labute approximate surface area is 149 Å². The molecule has 0 atom stereocenters. The van der Waals surface area contributed by atoms with Crippen molar-refractivity contribution in [3.05, 3.63) is 83.7 Å². The lowest BCUT2D eigenvalue weighted by Gasteiger charge is -2.09. The molecule has 2 N–H and O–H groups in total. The van der Waals surface area contributed by atoms with Crippen LogP contribution in [0.5, 0.6) is 0 Å². The van der Waals surface area contributed by atoms with Gasteiger partial charge in [0.25, 0.3) is 0 Å². The van der Waals surface area contributed by atoms with E-state index in [0.717, 1.165) is 22.4 Å². The van der Waals surface area contributed by atoms with E-state index < -0.39 is 17.7 Å². The molecule has 0 saturated heterocycles. The lowest BCUT2D eigenvalue weighted by Crippen LogP contribution is -2.14. The molecule has 26 heavy (non-hydrogen) atoms. The van der Waals surface area contributed by atoms with Crippen molar-refractivity contribution in [3.63, 3.8) is 0 Å². The molecule has 0 aliphatic carbocycles. The first kappa shape index (κ1) is 17.4. The van der Waals surface area contributed by atoms with Gasteiger partial charge in [-0.1, -0.05) is 42.5 Å². The second-order valence-electron chi connectivity index (χ2n) is 5.85. The van der Waals surface area contributed by atoms with Gasteiger partial charge in [0.05, 0.1) is 11.3 Å². The fraction of sp³-hybridized carbons (Fsp3) is 0.0476. The average molecular weight is 349 g/mol. The van der Waals surface area contributed by atoms with Crippen molar-refractivity contribution >= 4 is 33.9 Å². The van der Waals surface area contributed by atoms with Crippen LogP contribution in [0.2, 0.25) is 0 Å². The van der Waals surface area contributed by atoms with Crippen LogP contribution >= 0.6 is 0 Å². The summed E-state index contributed by atoms with van der Waals surface area (Å²) in [6, 6.07) is 17.3. The molecule has 5 heteroatoms. The fourth-order valence-corrected chi connectivity index (χ4v) is 2.70. The van der Waals surface area contributed by atoms with E-state index in [2.05, 4.69) is 5.32 Å². The van der Waals surface area contributed by atoms with Crippen molar-refractivity contribution < 1.29 is 19.1 Å². The van der Waals surface area contributed by atoms with E-state index in [1.54, 1.807) is 6.92 Å². The molecule has 0 radical (unpaired) electrons. The van der Waals surface area contributed by atoms with Crippen molar-refractivity contribution in [3.8, 4) is 0 Å². The molecule has 3 aromatic carbocycles. The van der Waals surface area contributed by atoms with Crippen LogP contribution in [0.4, 0.5) is 10.1 Å². The van der Waals surface area contributed by atoms with Gasteiger partial charge in [0.1, 0.15) is 5.82 Å². The number of carboxylic acids is 1. The lowest BCUT2D eigenvalue weighted by molar-refractivity contribution is -0.111. The number of hydrogen-bond acceptors (Lipinski definition) is 2. The van der Waals surface area contributed by atoms with E-state index in [1.807, 2.05) is 42.5 Å². The monoisotopic (exact) mass is 349 g/mol. The minimum Gasteiger partial charge on any atom is -0.478 e. The predicted octanol–water partition coefficient (Wildman–Crippen LogP) is 4.72. The van der Waals surface area contributed by atoms with Gasteiger partial charge in [0, 0.05) is 6.08 Å². The highest BCUT2D eigenvalue weighted by Gasteiger charge is 2.15. The van der Waals surface area contributed by atoms with Crippen molar-refractivity contribution in [1.82, 2.24) is 0 Å². The number of anilines is 1. The molecule has 0 bridgehead atoms. The zero-order valence-electron chi connectivity index (χ0n) is 14.0. The van der Waals surface area contributed by atoms with E-state index in [0.29, 0.717) is 5.57 Å². The van der Waals surface area contributed by atoms with E-state index >= 15 is 0 Å². The van der Waals surface area contributed by atoms with Gasteiger partial charge in [-0.05, 0) is 47.0 Å². The van der Waals surface area contributed by atoms with Crippen molar-refractivity contribution in [2.24, 2.45) is 0 Å². The van der Waals surface area contributed by atoms with E-state index in [4.69, 9.17) is 5.11 Å². The number of rotatable bonds is 4. The van der Waals surface area contributed by atoms with Crippen LogP contribution in [-0.2, 0) is 4.79 Å². The largest absolute Gasteiger partial charge is 0.478 e. The van der Waals surface area contributed by atoms with Crippen LogP contribution in [0.1, 0.15) is 22.8 Å². The van der Waals surface area contributed by atoms with Crippen LogP contribution < -0.4 is 5.32 Å². The summed E-state index contributed by atoms with van der Waals surface area (Å²) < 4.78 is 13.9. The normalized spacial score (nSPS) is 11.4. The fourth-order valence-electron chi connectivity index (χ4n) is 2.70. The third-order valence-electron chi connectivity index (χ3n) is 4.04. The molecule has 0 spiro atoms.